The molecule has 0 atom stereocenters. The summed E-state index contributed by atoms with van der Waals surface area (Å²) in [6.45, 7) is 0.864. The quantitative estimate of drug-likeness (QED) is 0.826. The standard InChI is InChI=1S/C13H13F3N6O/c1-20-7-9(6-17-20)22-5-4-21(8-12(22)23)11-3-2-10(18-19-11)13(14,15)16/h2-3,6-7H,4-5,8H2,1H3. The molecule has 0 bridgehead atoms. The lowest BCUT2D eigenvalue weighted by atomic mass is 10.2. The third-order valence-electron chi connectivity index (χ3n) is 3.49. The second-order valence-electron chi connectivity index (χ2n) is 5.11. The minimum atomic E-state index is -4.53. The Hall–Kier alpha value is -2.65. The number of hydrogen-bond acceptors (Lipinski definition) is 5. The maximum Gasteiger partial charge on any atom is 0.435 e. The van der Waals surface area contributed by atoms with E-state index in [2.05, 4.69) is 15.3 Å². The molecule has 23 heavy (non-hydrogen) atoms. The molecule has 10 heteroatoms. The lowest BCUT2D eigenvalue weighted by molar-refractivity contribution is -0.141. The van der Waals surface area contributed by atoms with E-state index in [4.69, 9.17) is 0 Å². The second kappa shape index (κ2) is 5.52. The number of hydrogen-bond donors (Lipinski definition) is 0. The van der Waals surface area contributed by atoms with Gasteiger partial charge in [-0.25, -0.2) is 0 Å². The molecule has 2 aromatic heterocycles. The molecule has 3 heterocycles. The van der Waals surface area contributed by atoms with Gasteiger partial charge in [-0.15, -0.1) is 10.2 Å². The van der Waals surface area contributed by atoms with Gasteiger partial charge in [0.25, 0.3) is 0 Å². The van der Waals surface area contributed by atoms with Crippen molar-refractivity contribution >= 4 is 17.4 Å². The molecular formula is C13H13F3N6O. The summed E-state index contributed by atoms with van der Waals surface area (Å²) in [7, 11) is 1.75. The SMILES string of the molecule is Cn1cc(N2CCN(c3ccc(C(F)(F)F)nn3)CC2=O)cn1. The molecule has 0 aliphatic carbocycles. The van der Waals surface area contributed by atoms with E-state index in [1.165, 1.54) is 6.07 Å². The van der Waals surface area contributed by atoms with E-state index in [0.29, 0.717) is 18.8 Å². The van der Waals surface area contributed by atoms with E-state index >= 15 is 0 Å². The Balaban J connectivity index is 1.71. The molecule has 2 aromatic rings. The highest BCUT2D eigenvalue weighted by Gasteiger charge is 2.33. The first-order valence-electron chi connectivity index (χ1n) is 6.79. The zero-order valence-corrected chi connectivity index (χ0v) is 12.2. The summed E-state index contributed by atoms with van der Waals surface area (Å²) < 4.78 is 39.0. The number of aryl methyl sites for hydroxylation is 1. The summed E-state index contributed by atoms with van der Waals surface area (Å²) in [4.78, 5) is 15.4. The third-order valence-corrected chi connectivity index (χ3v) is 3.49. The molecule has 7 nitrogen and oxygen atoms in total. The van der Waals surface area contributed by atoms with Crippen LogP contribution in [0.25, 0.3) is 0 Å². The number of carbonyl (C=O) groups is 1. The normalized spacial score (nSPS) is 16.1. The van der Waals surface area contributed by atoms with Gasteiger partial charge < -0.3 is 9.80 Å². The largest absolute Gasteiger partial charge is 0.435 e. The summed E-state index contributed by atoms with van der Waals surface area (Å²) >= 11 is 0. The Morgan fingerprint density at radius 1 is 1.17 bits per heavy atom. The fourth-order valence-electron chi connectivity index (χ4n) is 2.33. The van der Waals surface area contributed by atoms with Crippen LogP contribution in [0.3, 0.4) is 0 Å². The van der Waals surface area contributed by atoms with E-state index in [0.717, 1.165) is 6.07 Å². The number of alkyl halides is 3. The van der Waals surface area contributed by atoms with Gasteiger partial charge in [0.2, 0.25) is 5.91 Å². The van der Waals surface area contributed by atoms with E-state index in [9.17, 15) is 18.0 Å². The van der Waals surface area contributed by atoms with E-state index in [1.54, 1.807) is 33.9 Å². The Morgan fingerprint density at radius 2 is 1.96 bits per heavy atom. The van der Waals surface area contributed by atoms with Gasteiger partial charge in [0.15, 0.2) is 11.5 Å². The molecule has 0 radical (unpaired) electrons. The molecule has 0 spiro atoms. The Bertz CT molecular complexity index is 711. The molecule has 1 amide bonds. The first-order valence-corrected chi connectivity index (χ1v) is 6.79. The highest BCUT2D eigenvalue weighted by molar-refractivity contribution is 5.97. The van der Waals surface area contributed by atoms with Gasteiger partial charge in [0, 0.05) is 26.3 Å². The van der Waals surface area contributed by atoms with Gasteiger partial charge in [-0.2, -0.15) is 18.3 Å². The van der Waals surface area contributed by atoms with Crippen molar-refractivity contribution in [2.75, 3.05) is 29.4 Å². The van der Waals surface area contributed by atoms with E-state index in [-0.39, 0.29) is 18.3 Å². The average molecular weight is 326 g/mol. The predicted octanol–water partition coefficient (Wildman–Crippen LogP) is 1.08. The lowest BCUT2D eigenvalue weighted by Gasteiger charge is -2.33. The van der Waals surface area contributed by atoms with Crippen molar-refractivity contribution < 1.29 is 18.0 Å². The topological polar surface area (TPSA) is 67.2 Å². The Kier molecular flexibility index (Phi) is 3.66. The predicted molar refractivity (Wildman–Crippen MR) is 74.8 cm³/mol. The monoisotopic (exact) mass is 326 g/mol. The number of aromatic nitrogens is 4. The maximum absolute atomic E-state index is 12.5. The summed E-state index contributed by atoms with van der Waals surface area (Å²) in [5, 5.41) is 10.8. The van der Waals surface area contributed by atoms with Crippen LogP contribution in [0.1, 0.15) is 5.69 Å². The number of carbonyl (C=O) groups excluding carboxylic acids is 1. The van der Waals surface area contributed by atoms with Crippen molar-refractivity contribution in [1.82, 2.24) is 20.0 Å². The van der Waals surface area contributed by atoms with Crippen LogP contribution in [0, 0.1) is 0 Å². The summed E-state index contributed by atoms with van der Waals surface area (Å²) in [5.41, 5.74) is -0.364. The number of nitrogens with zero attached hydrogens (tertiary/aromatic N) is 6. The van der Waals surface area contributed by atoms with Crippen molar-refractivity contribution in [1.29, 1.82) is 0 Å². The first-order chi connectivity index (χ1) is 10.8. The molecular weight excluding hydrogens is 313 g/mol. The summed E-state index contributed by atoms with van der Waals surface area (Å²) in [5.74, 6) is 0.0723. The van der Waals surface area contributed by atoms with Gasteiger partial charge >= 0.3 is 6.18 Å². The first kappa shape index (κ1) is 15.3. The zero-order chi connectivity index (χ0) is 16.6. The molecule has 0 saturated carbocycles. The highest BCUT2D eigenvalue weighted by atomic mass is 19.4. The molecule has 0 aromatic carbocycles. The number of rotatable bonds is 2. The maximum atomic E-state index is 12.5. The molecule has 122 valence electrons. The van der Waals surface area contributed by atoms with Crippen LogP contribution in [0.5, 0.6) is 0 Å². The number of halogens is 3. The fourth-order valence-corrected chi connectivity index (χ4v) is 2.33. The van der Waals surface area contributed by atoms with Crippen LogP contribution in [0.4, 0.5) is 24.7 Å². The number of amides is 1. The number of piperazine rings is 1. The van der Waals surface area contributed by atoms with Crippen LogP contribution in [-0.4, -0.2) is 45.5 Å². The van der Waals surface area contributed by atoms with Crippen LogP contribution in [0.2, 0.25) is 0 Å². The van der Waals surface area contributed by atoms with Gasteiger partial charge in [-0.1, -0.05) is 0 Å². The Labute approximate surface area is 129 Å². The van der Waals surface area contributed by atoms with Gasteiger partial charge in [-0.3, -0.25) is 9.48 Å². The zero-order valence-electron chi connectivity index (χ0n) is 12.2. The lowest BCUT2D eigenvalue weighted by Crippen LogP contribution is -2.50. The second-order valence-corrected chi connectivity index (χ2v) is 5.11. The Morgan fingerprint density at radius 3 is 2.48 bits per heavy atom. The molecule has 3 rings (SSSR count). The van der Waals surface area contributed by atoms with Crippen LogP contribution in [-0.2, 0) is 18.0 Å². The van der Waals surface area contributed by atoms with Crippen molar-refractivity contribution in [3.8, 4) is 0 Å². The van der Waals surface area contributed by atoms with Gasteiger partial charge in [0.05, 0.1) is 18.4 Å². The smallest absolute Gasteiger partial charge is 0.344 e. The molecule has 1 saturated heterocycles. The number of anilines is 2. The van der Waals surface area contributed by atoms with Crippen LogP contribution < -0.4 is 9.80 Å². The van der Waals surface area contributed by atoms with Crippen molar-refractivity contribution in [2.45, 2.75) is 6.18 Å². The summed E-state index contributed by atoms with van der Waals surface area (Å²) in [6, 6.07) is 2.09. The van der Waals surface area contributed by atoms with E-state index < -0.39 is 11.9 Å². The van der Waals surface area contributed by atoms with Crippen molar-refractivity contribution in [3.05, 3.63) is 30.2 Å². The van der Waals surface area contributed by atoms with Crippen molar-refractivity contribution in [3.63, 3.8) is 0 Å². The molecule has 1 fully saturated rings. The third kappa shape index (κ3) is 3.10. The van der Waals surface area contributed by atoms with Crippen LogP contribution >= 0.6 is 0 Å². The average Bonchev–Trinajstić information content (AvgIpc) is 2.92. The van der Waals surface area contributed by atoms with Crippen molar-refractivity contribution in [2.24, 2.45) is 7.05 Å². The van der Waals surface area contributed by atoms with Crippen LogP contribution in [0.15, 0.2) is 24.5 Å². The molecule has 0 unspecified atom stereocenters. The summed E-state index contributed by atoms with van der Waals surface area (Å²) in [6.07, 6.45) is -1.21. The van der Waals surface area contributed by atoms with Gasteiger partial charge in [-0.05, 0) is 12.1 Å². The highest BCUT2D eigenvalue weighted by Crippen LogP contribution is 2.28. The van der Waals surface area contributed by atoms with E-state index in [1.807, 2.05) is 0 Å². The minimum absolute atomic E-state index is 0.0228. The fraction of sp³-hybridized carbons (Fsp3) is 0.385. The molecule has 1 aliphatic rings. The molecule has 1 aliphatic heterocycles. The molecule has 0 N–H and O–H groups in total. The van der Waals surface area contributed by atoms with Gasteiger partial charge in [0.1, 0.15) is 0 Å². The minimum Gasteiger partial charge on any atom is -0.344 e.